The monoisotopic (exact) mass is 310 g/mol. The molecular weight excluding hydrogens is 294 g/mol. The van der Waals surface area contributed by atoms with Crippen LogP contribution in [0.1, 0.15) is 33.6 Å². The van der Waals surface area contributed by atoms with E-state index in [0.717, 1.165) is 0 Å². The highest BCUT2D eigenvalue weighted by Gasteiger charge is 2.70. The maximum absolute atomic E-state index is 12.3. The van der Waals surface area contributed by atoms with E-state index in [1.807, 2.05) is 0 Å². The molecule has 0 saturated carbocycles. The van der Waals surface area contributed by atoms with Gasteiger partial charge in [-0.3, -0.25) is 4.79 Å². The number of alkyl halides is 6. The van der Waals surface area contributed by atoms with Gasteiger partial charge in [-0.25, -0.2) is 0 Å². The van der Waals surface area contributed by atoms with Crippen LogP contribution in [-0.2, 0) is 9.53 Å². The van der Waals surface area contributed by atoms with Gasteiger partial charge in [-0.05, 0) is 20.3 Å². The molecule has 0 radical (unpaired) electrons. The Morgan fingerprint density at radius 3 is 1.75 bits per heavy atom. The van der Waals surface area contributed by atoms with E-state index in [2.05, 4.69) is 4.74 Å². The predicted molar refractivity (Wildman–Crippen MR) is 56.7 cm³/mol. The Bertz CT molecular complexity index is 331. The molecule has 0 amide bonds. The highest BCUT2D eigenvalue weighted by molar-refractivity contribution is 5.75. The average molecular weight is 310 g/mol. The zero-order valence-electron chi connectivity index (χ0n) is 11.2. The molecule has 9 heteroatoms. The van der Waals surface area contributed by atoms with Gasteiger partial charge in [-0.1, -0.05) is 6.92 Å². The Morgan fingerprint density at radius 2 is 1.45 bits per heavy atom. The molecule has 0 bridgehead atoms. The molecule has 0 unspecified atom stereocenters. The fourth-order valence-electron chi connectivity index (χ4n) is 1.08. The van der Waals surface area contributed by atoms with E-state index in [1.165, 1.54) is 13.8 Å². The van der Waals surface area contributed by atoms with Crippen molar-refractivity contribution < 1.29 is 41.0 Å². The summed E-state index contributed by atoms with van der Waals surface area (Å²) in [5.74, 6) is -0.924. The van der Waals surface area contributed by atoms with Crippen LogP contribution in [0.5, 0.6) is 0 Å². The first-order valence-corrected chi connectivity index (χ1v) is 5.72. The lowest BCUT2D eigenvalue weighted by Crippen LogP contribution is -2.57. The number of esters is 1. The van der Waals surface area contributed by atoms with E-state index in [9.17, 15) is 31.1 Å². The van der Waals surface area contributed by atoms with Gasteiger partial charge in [0.1, 0.15) is 0 Å². The fraction of sp³-hybridized carbons (Fsp3) is 0.909. The van der Waals surface area contributed by atoms with Gasteiger partial charge >= 0.3 is 18.3 Å². The summed E-state index contributed by atoms with van der Waals surface area (Å²) >= 11 is 0. The molecule has 0 aromatic rings. The van der Waals surface area contributed by atoms with Crippen LogP contribution in [0.4, 0.5) is 26.3 Å². The van der Waals surface area contributed by atoms with Crippen molar-refractivity contribution in [1.29, 1.82) is 0 Å². The molecule has 0 aliphatic heterocycles. The van der Waals surface area contributed by atoms with Crippen LogP contribution < -0.4 is 0 Å². The van der Waals surface area contributed by atoms with E-state index in [4.69, 9.17) is 5.11 Å². The number of hydrogen-bond acceptors (Lipinski definition) is 3. The van der Waals surface area contributed by atoms with Crippen molar-refractivity contribution in [2.24, 2.45) is 5.41 Å². The van der Waals surface area contributed by atoms with Gasteiger partial charge in [0.15, 0.2) is 0 Å². The lowest BCUT2D eigenvalue weighted by Gasteiger charge is -2.32. The Hall–Kier alpha value is -0.990. The molecule has 1 N–H and O–H groups in total. The minimum absolute atomic E-state index is 0.300. The first kappa shape index (κ1) is 19.0. The summed E-state index contributed by atoms with van der Waals surface area (Å²) in [7, 11) is 0. The summed E-state index contributed by atoms with van der Waals surface area (Å²) < 4.78 is 78.3. The van der Waals surface area contributed by atoms with Crippen LogP contribution in [0, 0.1) is 5.41 Å². The van der Waals surface area contributed by atoms with Gasteiger partial charge in [0.25, 0.3) is 5.60 Å². The number of ether oxygens (including phenoxy) is 1. The molecule has 0 aliphatic rings. The topological polar surface area (TPSA) is 46.5 Å². The van der Waals surface area contributed by atoms with Crippen molar-refractivity contribution in [3.8, 4) is 0 Å². The van der Waals surface area contributed by atoms with Crippen LogP contribution in [0.2, 0.25) is 0 Å². The molecule has 3 nitrogen and oxygen atoms in total. The molecule has 0 heterocycles. The van der Waals surface area contributed by atoms with Crippen LogP contribution >= 0.6 is 0 Å². The van der Waals surface area contributed by atoms with Gasteiger partial charge < -0.3 is 9.84 Å². The second-order valence-electron chi connectivity index (χ2n) is 4.98. The standard InChI is InChI=1S/C11H16F6O3/c1-4-8(2,3)7(18)20-6-5-9(19,10(12,13)14)11(15,16)17/h19H,4-6H2,1-3H3. The third-order valence-electron chi connectivity index (χ3n) is 3.07. The molecule has 0 aromatic heterocycles. The summed E-state index contributed by atoms with van der Waals surface area (Å²) in [4.78, 5) is 11.4. The van der Waals surface area contributed by atoms with E-state index < -0.39 is 42.4 Å². The number of aliphatic hydroxyl groups is 1. The van der Waals surface area contributed by atoms with Gasteiger partial charge in [0, 0.05) is 6.42 Å². The van der Waals surface area contributed by atoms with Crippen molar-refractivity contribution >= 4 is 5.97 Å². The molecule has 0 atom stereocenters. The van der Waals surface area contributed by atoms with Crippen LogP contribution in [0.3, 0.4) is 0 Å². The number of rotatable bonds is 5. The van der Waals surface area contributed by atoms with E-state index in [0.29, 0.717) is 6.42 Å². The highest BCUT2D eigenvalue weighted by atomic mass is 19.4. The number of halogens is 6. The lowest BCUT2D eigenvalue weighted by atomic mass is 9.90. The molecule has 120 valence electrons. The maximum Gasteiger partial charge on any atom is 0.426 e. The van der Waals surface area contributed by atoms with Crippen molar-refractivity contribution in [1.82, 2.24) is 0 Å². The van der Waals surface area contributed by atoms with Gasteiger partial charge in [0.2, 0.25) is 0 Å². The van der Waals surface area contributed by atoms with Crippen molar-refractivity contribution in [2.45, 2.75) is 51.6 Å². The third-order valence-corrected chi connectivity index (χ3v) is 3.07. The Balaban J connectivity index is 4.81. The molecule has 0 spiro atoms. The van der Waals surface area contributed by atoms with Crippen LogP contribution in [0.15, 0.2) is 0 Å². The highest BCUT2D eigenvalue weighted by Crippen LogP contribution is 2.45. The van der Waals surface area contributed by atoms with Crippen LogP contribution in [0.25, 0.3) is 0 Å². The molecule has 0 saturated heterocycles. The zero-order valence-corrected chi connectivity index (χ0v) is 11.2. The summed E-state index contributed by atoms with van der Waals surface area (Å²) in [5.41, 5.74) is -5.91. The summed E-state index contributed by atoms with van der Waals surface area (Å²) in [6.45, 7) is 3.31. The number of carbonyl (C=O) groups excluding carboxylic acids is 1. The zero-order chi connectivity index (χ0) is 16.4. The summed E-state index contributed by atoms with van der Waals surface area (Å²) in [6.07, 6.45) is -13.3. The molecule has 20 heavy (non-hydrogen) atoms. The Labute approximate surface area is 111 Å². The lowest BCUT2D eigenvalue weighted by molar-refractivity contribution is -0.371. The predicted octanol–water partition coefficient (Wildman–Crippen LogP) is 3.21. The summed E-state index contributed by atoms with van der Waals surface area (Å²) in [6, 6.07) is 0. The number of carbonyl (C=O) groups is 1. The third kappa shape index (κ3) is 4.00. The largest absolute Gasteiger partial charge is 0.465 e. The minimum Gasteiger partial charge on any atom is -0.465 e. The first-order valence-electron chi connectivity index (χ1n) is 5.72. The first-order chi connectivity index (χ1) is 8.69. The maximum atomic E-state index is 12.3. The SMILES string of the molecule is CCC(C)(C)C(=O)OCCC(O)(C(F)(F)F)C(F)(F)F. The Morgan fingerprint density at radius 1 is 1.05 bits per heavy atom. The summed E-state index contributed by atoms with van der Waals surface area (Å²) in [5, 5.41) is 8.82. The molecular formula is C11H16F6O3. The Kier molecular flexibility index (Phi) is 5.50. The van der Waals surface area contributed by atoms with Crippen molar-refractivity contribution in [2.75, 3.05) is 6.61 Å². The van der Waals surface area contributed by atoms with E-state index in [-0.39, 0.29) is 0 Å². The molecule has 0 aromatic carbocycles. The minimum atomic E-state index is -5.90. The van der Waals surface area contributed by atoms with E-state index >= 15 is 0 Å². The number of hydrogen-bond donors (Lipinski definition) is 1. The van der Waals surface area contributed by atoms with Crippen molar-refractivity contribution in [3.05, 3.63) is 0 Å². The van der Waals surface area contributed by atoms with Gasteiger partial charge in [-0.2, -0.15) is 26.3 Å². The molecule has 0 fully saturated rings. The second kappa shape index (κ2) is 5.79. The van der Waals surface area contributed by atoms with E-state index in [1.54, 1.807) is 6.92 Å². The van der Waals surface area contributed by atoms with Gasteiger partial charge in [0.05, 0.1) is 12.0 Å². The quantitative estimate of drug-likeness (QED) is 0.626. The normalized spacial score (nSPS) is 14.3. The molecule has 0 rings (SSSR count). The van der Waals surface area contributed by atoms with Crippen molar-refractivity contribution in [3.63, 3.8) is 0 Å². The van der Waals surface area contributed by atoms with Gasteiger partial charge in [-0.15, -0.1) is 0 Å². The smallest absolute Gasteiger partial charge is 0.426 e. The second-order valence-corrected chi connectivity index (χ2v) is 4.98. The van der Waals surface area contributed by atoms with Crippen LogP contribution in [-0.4, -0.2) is 35.6 Å². The molecule has 0 aliphatic carbocycles. The fourth-order valence-corrected chi connectivity index (χ4v) is 1.08. The average Bonchev–Trinajstić information content (AvgIpc) is 2.25.